The van der Waals surface area contributed by atoms with Crippen molar-refractivity contribution in [3.05, 3.63) is 36.7 Å². The second-order valence-electron chi connectivity index (χ2n) is 6.80. The Kier molecular flexibility index (Phi) is 5.15. The Bertz CT molecular complexity index is 692. The predicted octanol–water partition coefficient (Wildman–Crippen LogP) is 1.34. The Labute approximate surface area is 155 Å². The van der Waals surface area contributed by atoms with Gasteiger partial charge in [0.1, 0.15) is 11.6 Å². The first-order valence-electron chi connectivity index (χ1n) is 9.55. The second kappa shape index (κ2) is 7.86. The molecule has 2 aliphatic rings. The van der Waals surface area contributed by atoms with Gasteiger partial charge in [-0.15, -0.1) is 0 Å². The Morgan fingerprint density at radius 3 is 2.08 bits per heavy atom. The van der Waals surface area contributed by atoms with Gasteiger partial charge in [0.25, 0.3) is 0 Å². The Hall–Kier alpha value is -2.41. The van der Waals surface area contributed by atoms with Crippen molar-refractivity contribution in [3.8, 4) is 0 Å². The van der Waals surface area contributed by atoms with Gasteiger partial charge in [-0.1, -0.05) is 13.0 Å². The summed E-state index contributed by atoms with van der Waals surface area (Å²) in [5.74, 6) is 2.96. The highest BCUT2D eigenvalue weighted by Gasteiger charge is 2.21. The average molecular weight is 353 g/mol. The first-order chi connectivity index (χ1) is 12.8. The van der Waals surface area contributed by atoms with Crippen LogP contribution in [0.3, 0.4) is 0 Å². The van der Waals surface area contributed by atoms with Gasteiger partial charge < -0.3 is 19.6 Å². The fourth-order valence-corrected chi connectivity index (χ4v) is 3.64. The van der Waals surface area contributed by atoms with Crippen LogP contribution in [0.25, 0.3) is 0 Å². The average Bonchev–Trinajstić information content (AvgIpc) is 2.75. The molecule has 0 spiro atoms. The molecule has 2 fully saturated rings. The van der Waals surface area contributed by atoms with Crippen molar-refractivity contribution < 1.29 is 0 Å². The summed E-state index contributed by atoms with van der Waals surface area (Å²) in [5, 5.41) is 0. The second-order valence-corrected chi connectivity index (χ2v) is 6.80. The van der Waals surface area contributed by atoms with E-state index >= 15 is 0 Å². The Balaban J connectivity index is 1.38. The standard InChI is InChI=1S/C19H27N7/c1-2-23-9-11-26(12-10-23)19-21-8-6-18(22-19)25-15-13-24(14-16-25)17-5-3-4-7-20-17/h3-8H,2,9-16H2,1H3. The summed E-state index contributed by atoms with van der Waals surface area (Å²) in [6.45, 7) is 11.4. The van der Waals surface area contributed by atoms with Gasteiger partial charge >= 0.3 is 0 Å². The van der Waals surface area contributed by atoms with Crippen molar-refractivity contribution in [1.82, 2.24) is 19.9 Å². The van der Waals surface area contributed by atoms with Gasteiger partial charge in [0.2, 0.25) is 5.95 Å². The van der Waals surface area contributed by atoms with Crippen LogP contribution >= 0.6 is 0 Å². The third-order valence-electron chi connectivity index (χ3n) is 5.31. The largest absolute Gasteiger partial charge is 0.353 e. The Morgan fingerprint density at radius 1 is 0.731 bits per heavy atom. The van der Waals surface area contributed by atoms with Crippen LogP contribution in [0.15, 0.2) is 36.7 Å². The lowest BCUT2D eigenvalue weighted by Gasteiger charge is -2.37. The van der Waals surface area contributed by atoms with E-state index in [-0.39, 0.29) is 0 Å². The van der Waals surface area contributed by atoms with Crippen LogP contribution in [-0.4, -0.2) is 78.8 Å². The van der Waals surface area contributed by atoms with E-state index in [9.17, 15) is 0 Å². The van der Waals surface area contributed by atoms with E-state index in [1.807, 2.05) is 30.6 Å². The highest BCUT2D eigenvalue weighted by atomic mass is 15.4. The van der Waals surface area contributed by atoms with Gasteiger partial charge in [-0.05, 0) is 24.7 Å². The fraction of sp³-hybridized carbons (Fsp3) is 0.526. The first kappa shape index (κ1) is 17.0. The maximum Gasteiger partial charge on any atom is 0.227 e. The van der Waals surface area contributed by atoms with Crippen LogP contribution in [0, 0.1) is 0 Å². The maximum absolute atomic E-state index is 4.86. The van der Waals surface area contributed by atoms with Crippen molar-refractivity contribution >= 4 is 17.6 Å². The molecule has 2 aliphatic heterocycles. The number of hydrogen-bond acceptors (Lipinski definition) is 7. The van der Waals surface area contributed by atoms with E-state index < -0.39 is 0 Å². The minimum absolute atomic E-state index is 0.866. The quantitative estimate of drug-likeness (QED) is 0.822. The molecule has 0 unspecified atom stereocenters. The summed E-state index contributed by atoms with van der Waals surface area (Å²) in [5.41, 5.74) is 0. The van der Waals surface area contributed by atoms with Gasteiger partial charge in [-0.3, -0.25) is 0 Å². The lowest BCUT2D eigenvalue weighted by atomic mass is 10.3. The third-order valence-corrected chi connectivity index (χ3v) is 5.31. The minimum Gasteiger partial charge on any atom is -0.353 e. The molecule has 2 aromatic rings. The highest BCUT2D eigenvalue weighted by Crippen LogP contribution is 2.19. The molecule has 2 saturated heterocycles. The molecule has 7 nitrogen and oxygen atoms in total. The summed E-state index contributed by atoms with van der Waals surface area (Å²) < 4.78 is 0. The molecule has 0 N–H and O–H groups in total. The van der Waals surface area contributed by atoms with E-state index in [2.05, 4.69) is 42.6 Å². The molecule has 0 amide bonds. The molecule has 0 aromatic carbocycles. The Morgan fingerprint density at radius 2 is 1.42 bits per heavy atom. The molecule has 0 bridgehead atoms. The first-order valence-corrected chi connectivity index (χ1v) is 9.55. The topological polar surface area (TPSA) is 51.6 Å². The smallest absolute Gasteiger partial charge is 0.227 e. The number of aromatic nitrogens is 3. The number of pyridine rings is 1. The summed E-state index contributed by atoms with van der Waals surface area (Å²) in [6.07, 6.45) is 3.76. The van der Waals surface area contributed by atoms with Gasteiger partial charge in [0.15, 0.2) is 0 Å². The minimum atomic E-state index is 0.866. The number of likely N-dealkylation sites (N-methyl/N-ethyl adjacent to an activating group) is 1. The lowest BCUT2D eigenvalue weighted by molar-refractivity contribution is 0.270. The molecular formula is C19H27N7. The monoisotopic (exact) mass is 353 g/mol. The van der Waals surface area contributed by atoms with Gasteiger partial charge in [-0.25, -0.2) is 9.97 Å². The molecule has 7 heteroatoms. The summed E-state index contributed by atoms with van der Waals surface area (Å²) in [7, 11) is 0. The molecule has 0 radical (unpaired) electrons. The number of piperazine rings is 2. The van der Waals surface area contributed by atoms with Crippen LogP contribution in [0.4, 0.5) is 17.6 Å². The zero-order chi connectivity index (χ0) is 17.8. The molecule has 0 aliphatic carbocycles. The van der Waals surface area contributed by atoms with E-state index in [1.54, 1.807) is 0 Å². The number of rotatable bonds is 4. The molecule has 2 aromatic heterocycles. The van der Waals surface area contributed by atoms with Gasteiger partial charge in [0, 0.05) is 64.8 Å². The van der Waals surface area contributed by atoms with Crippen LogP contribution in [0.1, 0.15) is 6.92 Å². The number of hydrogen-bond donors (Lipinski definition) is 0. The molecule has 0 atom stereocenters. The summed E-state index contributed by atoms with van der Waals surface area (Å²) in [6, 6.07) is 8.11. The van der Waals surface area contributed by atoms with Crippen molar-refractivity contribution in [2.45, 2.75) is 6.92 Å². The normalized spacial score (nSPS) is 19.0. The number of nitrogens with zero attached hydrogens (tertiary/aromatic N) is 7. The fourth-order valence-electron chi connectivity index (χ4n) is 3.64. The summed E-state index contributed by atoms with van der Waals surface area (Å²) >= 11 is 0. The third kappa shape index (κ3) is 3.72. The van der Waals surface area contributed by atoms with Gasteiger partial charge in [-0.2, -0.15) is 4.98 Å². The highest BCUT2D eigenvalue weighted by molar-refractivity contribution is 5.47. The molecule has 4 rings (SSSR count). The SMILES string of the molecule is CCN1CCN(c2nccc(N3CCN(c4ccccn4)CC3)n2)CC1. The van der Waals surface area contributed by atoms with Crippen LogP contribution < -0.4 is 14.7 Å². The molecule has 26 heavy (non-hydrogen) atoms. The van der Waals surface area contributed by atoms with Crippen LogP contribution in [0.5, 0.6) is 0 Å². The van der Waals surface area contributed by atoms with Crippen LogP contribution in [-0.2, 0) is 0 Å². The molecule has 138 valence electrons. The van der Waals surface area contributed by atoms with Crippen molar-refractivity contribution in [3.63, 3.8) is 0 Å². The van der Waals surface area contributed by atoms with E-state index in [1.165, 1.54) is 0 Å². The van der Waals surface area contributed by atoms with Gasteiger partial charge in [0.05, 0.1) is 0 Å². The lowest BCUT2D eigenvalue weighted by Crippen LogP contribution is -2.48. The van der Waals surface area contributed by atoms with Crippen molar-refractivity contribution in [2.75, 3.05) is 73.6 Å². The molecule has 4 heterocycles. The van der Waals surface area contributed by atoms with E-state index in [0.717, 1.165) is 76.5 Å². The van der Waals surface area contributed by atoms with E-state index in [0.29, 0.717) is 0 Å². The van der Waals surface area contributed by atoms with Crippen molar-refractivity contribution in [1.29, 1.82) is 0 Å². The molecular weight excluding hydrogens is 326 g/mol. The predicted molar refractivity (Wildman–Crippen MR) is 105 cm³/mol. The van der Waals surface area contributed by atoms with Crippen LogP contribution in [0.2, 0.25) is 0 Å². The van der Waals surface area contributed by atoms with Crippen molar-refractivity contribution in [2.24, 2.45) is 0 Å². The van der Waals surface area contributed by atoms with E-state index in [4.69, 9.17) is 4.98 Å². The zero-order valence-electron chi connectivity index (χ0n) is 15.5. The number of anilines is 3. The summed E-state index contributed by atoms with van der Waals surface area (Å²) in [4.78, 5) is 23.3. The zero-order valence-corrected chi connectivity index (χ0v) is 15.5. The molecule has 0 saturated carbocycles. The maximum atomic E-state index is 4.86.